The van der Waals surface area contributed by atoms with E-state index >= 15 is 0 Å². The smallest absolute Gasteiger partial charge is 0.252 e. The number of hydrogen-bond donors (Lipinski definition) is 1. The summed E-state index contributed by atoms with van der Waals surface area (Å²) in [7, 11) is 0. The van der Waals surface area contributed by atoms with Crippen molar-refractivity contribution >= 4 is 5.91 Å². The van der Waals surface area contributed by atoms with Gasteiger partial charge in [0.1, 0.15) is 18.9 Å². The molecule has 0 saturated heterocycles. The maximum absolute atomic E-state index is 12.4. The van der Waals surface area contributed by atoms with Crippen molar-refractivity contribution in [1.29, 1.82) is 5.26 Å². The number of nitrogens with zero attached hydrogens (tertiary/aromatic N) is 4. The Labute approximate surface area is 145 Å². The molecule has 1 atom stereocenters. The minimum absolute atomic E-state index is 0.0206. The van der Waals surface area contributed by atoms with Crippen LogP contribution in [-0.2, 0) is 17.8 Å². The van der Waals surface area contributed by atoms with E-state index in [1.807, 2.05) is 66.7 Å². The molecule has 6 nitrogen and oxygen atoms in total. The largest absolute Gasteiger partial charge is 0.347 e. The van der Waals surface area contributed by atoms with E-state index in [0.717, 1.165) is 11.1 Å². The molecule has 0 spiro atoms. The van der Waals surface area contributed by atoms with E-state index in [1.165, 1.54) is 11.0 Å². The quantitative estimate of drug-likeness (QED) is 0.751. The molecule has 1 N–H and O–H groups in total. The van der Waals surface area contributed by atoms with Gasteiger partial charge in [0.05, 0.1) is 6.04 Å². The average molecular weight is 331 g/mol. The van der Waals surface area contributed by atoms with Crippen LogP contribution in [0.3, 0.4) is 0 Å². The maximum atomic E-state index is 12.4. The van der Waals surface area contributed by atoms with E-state index in [9.17, 15) is 4.79 Å². The van der Waals surface area contributed by atoms with Crippen molar-refractivity contribution < 1.29 is 4.79 Å². The number of nitrogens with one attached hydrogen (secondary N) is 1. The normalized spacial score (nSPS) is 11.5. The molecular weight excluding hydrogens is 314 g/mol. The second-order valence-corrected chi connectivity index (χ2v) is 5.60. The third-order valence-corrected chi connectivity index (χ3v) is 3.76. The SMILES string of the molecule is N#Cc1ncn(CC(=O)NC(Cc2ccccc2)c2ccccc2)n1. The van der Waals surface area contributed by atoms with Crippen molar-refractivity contribution in [3.8, 4) is 6.07 Å². The van der Waals surface area contributed by atoms with E-state index in [-0.39, 0.29) is 24.3 Å². The predicted molar refractivity (Wildman–Crippen MR) is 92.2 cm³/mol. The van der Waals surface area contributed by atoms with Crippen LogP contribution < -0.4 is 5.32 Å². The number of carbonyl (C=O) groups excluding carboxylic acids is 1. The van der Waals surface area contributed by atoms with Crippen LogP contribution in [0.4, 0.5) is 0 Å². The molecule has 0 bridgehead atoms. The van der Waals surface area contributed by atoms with Gasteiger partial charge in [0.25, 0.3) is 5.82 Å². The molecule has 1 aromatic heterocycles. The second kappa shape index (κ2) is 7.88. The van der Waals surface area contributed by atoms with Crippen molar-refractivity contribution in [3.05, 3.63) is 83.9 Å². The summed E-state index contributed by atoms with van der Waals surface area (Å²) in [4.78, 5) is 16.2. The number of benzene rings is 2. The lowest BCUT2D eigenvalue weighted by Gasteiger charge is -2.19. The van der Waals surface area contributed by atoms with Crippen molar-refractivity contribution in [3.63, 3.8) is 0 Å². The van der Waals surface area contributed by atoms with Crippen LogP contribution in [0.2, 0.25) is 0 Å². The summed E-state index contributed by atoms with van der Waals surface area (Å²) in [6, 6.07) is 21.6. The molecule has 0 saturated carbocycles. The summed E-state index contributed by atoms with van der Waals surface area (Å²) >= 11 is 0. The van der Waals surface area contributed by atoms with Gasteiger partial charge < -0.3 is 5.32 Å². The Hall–Kier alpha value is -3.46. The van der Waals surface area contributed by atoms with Crippen LogP contribution >= 0.6 is 0 Å². The van der Waals surface area contributed by atoms with Crippen LogP contribution in [0.5, 0.6) is 0 Å². The Morgan fingerprint density at radius 2 is 1.80 bits per heavy atom. The Bertz CT molecular complexity index is 868. The highest BCUT2D eigenvalue weighted by Gasteiger charge is 2.16. The lowest BCUT2D eigenvalue weighted by atomic mass is 9.99. The molecule has 25 heavy (non-hydrogen) atoms. The van der Waals surface area contributed by atoms with E-state index in [2.05, 4.69) is 15.4 Å². The van der Waals surface area contributed by atoms with E-state index in [0.29, 0.717) is 6.42 Å². The zero-order chi connectivity index (χ0) is 17.5. The summed E-state index contributed by atoms with van der Waals surface area (Å²) in [5.74, 6) is -0.129. The predicted octanol–water partition coefficient (Wildman–Crippen LogP) is 2.25. The van der Waals surface area contributed by atoms with Gasteiger partial charge in [-0.2, -0.15) is 5.26 Å². The minimum Gasteiger partial charge on any atom is -0.347 e. The van der Waals surface area contributed by atoms with E-state index in [4.69, 9.17) is 5.26 Å². The average Bonchev–Trinajstić information content (AvgIpc) is 3.10. The second-order valence-electron chi connectivity index (χ2n) is 5.60. The lowest BCUT2D eigenvalue weighted by Crippen LogP contribution is -2.33. The van der Waals surface area contributed by atoms with Gasteiger partial charge in [-0.05, 0) is 17.5 Å². The van der Waals surface area contributed by atoms with Gasteiger partial charge in [0.2, 0.25) is 5.91 Å². The first kappa shape index (κ1) is 16.4. The number of hydrogen-bond acceptors (Lipinski definition) is 4. The van der Waals surface area contributed by atoms with Crippen LogP contribution in [0, 0.1) is 11.3 Å². The van der Waals surface area contributed by atoms with Gasteiger partial charge in [-0.15, -0.1) is 5.10 Å². The first-order valence-corrected chi connectivity index (χ1v) is 7.92. The number of aromatic nitrogens is 3. The molecule has 0 aliphatic heterocycles. The molecule has 6 heteroatoms. The Morgan fingerprint density at radius 1 is 1.12 bits per heavy atom. The van der Waals surface area contributed by atoms with Crippen molar-refractivity contribution in [2.45, 2.75) is 19.0 Å². The molecule has 2 aromatic carbocycles. The topological polar surface area (TPSA) is 83.6 Å². The highest BCUT2D eigenvalue weighted by Crippen LogP contribution is 2.18. The standard InChI is InChI=1S/C19H17N5O/c20-12-18-21-14-24(23-18)13-19(25)22-17(16-9-5-2-6-10-16)11-15-7-3-1-4-8-15/h1-10,14,17H,11,13H2,(H,22,25). The van der Waals surface area contributed by atoms with E-state index in [1.54, 1.807) is 0 Å². The van der Waals surface area contributed by atoms with Gasteiger partial charge in [-0.1, -0.05) is 60.7 Å². The van der Waals surface area contributed by atoms with Gasteiger partial charge >= 0.3 is 0 Å². The summed E-state index contributed by atoms with van der Waals surface area (Å²) in [6.07, 6.45) is 2.07. The maximum Gasteiger partial charge on any atom is 0.252 e. The van der Waals surface area contributed by atoms with Crippen molar-refractivity contribution in [2.24, 2.45) is 0 Å². The highest BCUT2D eigenvalue weighted by atomic mass is 16.2. The molecule has 1 unspecified atom stereocenters. The molecule has 1 amide bonds. The summed E-state index contributed by atoms with van der Waals surface area (Å²) in [5, 5.41) is 15.7. The molecular formula is C19H17N5O. The number of nitriles is 1. The fraction of sp³-hybridized carbons (Fsp3) is 0.158. The fourth-order valence-electron chi connectivity index (χ4n) is 2.60. The van der Waals surface area contributed by atoms with Gasteiger partial charge in [0.15, 0.2) is 0 Å². The zero-order valence-corrected chi connectivity index (χ0v) is 13.5. The van der Waals surface area contributed by atoms with Crippen LogP contribution in [-0.4, -0.2) is 20.7 Å². The molecule has 0 radical (unpaired) electrons. The van der Waals surface area contributed by atoms with Crippen LogP contribution in [0.15, 0.2) is 67.0 Å². The summed E-state index contributed by atoms with van der Waals surface area (Å²) < 4.78 is 1.36. The van der Waals surface area contributed by atoms with Crippen LogP contribution in [0.1, 0.15) is 23.0 Å². The van der Waals surface area contributed by atoms with Gasteiger partial charge in [0, 0.05) is 0 Å². The molecule has 3 aromatic rings. The Kier molecular flexibility index (Phi) is 5.17. The zero-order valence-electron chi connectivity index (χ0n) is 13.5. The van der Waals surface area contributed by atoms with Crippen LogP contribution in [0.25, 0.3) is 0 Å². The third-order valence-electron chi connectivity index (χ3n) is 3.76. The van der Waals surface area contributed by atoms with Crippen molar-refractivity contribution in [1.82, 2.24) is 20.1 Å². The summed E-state index contributed by atoms with van der Waals surface area (Å²) in [6.45, 7) is 0.0206. The first-order chi connectivity index (χ1) is 12.2. The fourth-order valence-corrected chi connectivity index (χ4v) is 2.60. The molecule has 0 aliphatic rings. The van der Waals surface area contributed by atoms with Gasteiger partial charge in [-0.3, -0.25) is 4.79 Å². The first-order valence-electron chi connectivity index (χ1n) is 7.92. The van der Waals surface area contributed by atoms with Crippen molar-refractivity contribution in [2.75, 3.05) is 0 Å². The monoisotopic (exact) mass is 331 g/mol. The molecule has 0 aliphatic carbocycles. The molecule has 124 valence electrons. The Morgan fingerprint density at radius 3 is 2.44 bits per heavy atom. The summed E-state index contributed by atoms with van der Waals surface area (Å²) in [5.41, 5.74) is 2.18. The van der Waals surface area contributed by atoms with E-state index < -0.39 is 0 Å². The minimum atomic E-state index is -0.181. The Balaban J connectivity index is 1.73. The number of carbonyl (C=O) groups is 1. The highest BCUT2D eigenvalue weighted by molar-refractivity contribution is 5.76. The number of amides is 1. The molecule has 1 heterocycles. The molecule has 0 fully saturated rings. The number of rotatable bonds is 6. The third kappa shape index (κ3) is 4.52. The lowest BCUT2D eigenvalue weighted by molar-refractivity contribution is -0.122. The van der Waals surface area contributed by atoms with Gasteiger partial charge in [-0.25, -0.2) is 9.67 Å². The molecule has 3 rings (SSSR count).